The lowest BCUT2D eigenvalue weighted by Gasteiger charge is -2.08. The molecule has 0 saturated carbocycles. The monoisotopic (exact) mass is 201 g/mol. The van der Waals surface area contributed by atoms with Crippen molar-refractivity contribution in [1.82, 2.24) is 0 Å². The maximum Gasteiger partial charge on any atom is 0.0585 e. The molecule has 0 heterocycles. The van der Waals surface area contributed by atoms with E-state index in [1.165, 1.54) is 16.3 Å². The van der Waals surface area contributed by atoms with Crippen molar-refractivity contribution in [3.05, 3.63) is 48.0 Å². The van der Waals surface area contributed by atoms with Gasteiger partial charge < -0.3 is 10.8 Å². The van der Waals surface area contributed by atoms with E-state index in [4.69, 9.17) is 10.8 Å². The van der Waals surface area contributed by atoms with E-state index in [2.05, 4.69) is 30.3 Å². The Balaban J connectivity index is 2.30. The highest BCUT2D eigenvalue weighted by Crippen LogP contribution is 2.16. The molecular formula is C13H15NO. The average Bonchev–Trinajstić information content (AvgIpc) is 2.29. The number of aliphatic hydroxyl groups is 1. The fourth-order valence-electron chi connectivity index (χ4n) is 1.73. The predicted octanol–water partition coefficient (Wildman–Crippen LogP) is 1.70. The van der Waals surface area contributed by atoms with E-state index >= 15 is 0 Å². The smallest absolute Gasteiger partial charge is 0.0585 e. The largest absolute Gasteiger partial charge is 0.395 e. The zero-order chi connectivity index (χ0) is 10.7. The quantitative estimate of drug-likeness (QED) is 0.794. The molecule has 0 aliphatic rings. The third-order valence-corrected chi connectivity index (χ3v) is 2.55. The molecule has 1 unspecified atom stereocenters. The van der Waals surface area contributed by atoms with Gasteiger partial charge in [-0.1, -0.05) is 42.5 Å². The van der Waals surface area contributed by atoms with E-state index in [9.17, 15) is 0 Å². The van der Waals surface area contributed by atoms with Crippen LogP contribution in [0, 0.1) is 0 Å². The molecule has 2 nitrogen and oxygen atoms in total. The number of aliphatic hydroxyl groups excluding tert-OH is 1. The Morgan fingerprint density at radius 3 is 2.53 bits per heavy atom. The summed E-state index contributed by atoms with van der Waals surface area (Å²) in [7, 11) is 0. The van der Waals surface area contributed by atoms with E-state index in [1.807, 2.05) is 12.1 Å². The van der Waals surface area contributed by atoms with Gasteiger partial charge in [0.1, 0.15) is 0 Å². The number of hydrogen-bond acceptors (Lipinski definition) is 2. The van der Waals surface area contributed by atoms with Crippen LogP contribution in [0.2, 0.25) is 0 Å². The molecule has 0 bridgehead atoms. The van der Waals surface area contributed by atoms with E-state index in [0.29, 0.717) is 0 Å². The zero-order valence-corrected chi connectivity index (χ0v) is 8.56. The summed E-state index contributed by atoms with van der Waals surface area (Å²) in [4.78, 5) is 0. The van der Waals surface area contributed by atoms with E-state index in [1.54, 1.807) is 0 Å². The van der Waals surface area contributed by atoms with Gasteiger partial charge in [0.15, 0.2) is 0 Å². The molecule has 0 aliphatic carbocycles. The Labute approximate surface area is 89.3 Å². The van der Waals surface area contributed by atoms with E-state index in [0.717, 1.165) is 6.42 Å². The Hall–Kier alpha value is -1.38. The molecule has 0 fully saturated rings. The lowest BCUT2D eigenvalue weighted by Crippen LogP contribution is -2.26. The average molecular weight is 201 g/mol. The Bertz CT molecular complexity index is 453. The van der Waals surface area contributed by atoms with Gasteiger partial charge in [0.25, 0.3) is 0 Å². The second kappa shape index (κ2) is 4.43. The van der Waals surface area contributed by atoms with Crippen molar-refractivity contribution in [2.24, 2.45) is 5.73 Å². The molecule has 1 atom stereocenters. The molecule has 2 rings (SSSR count). The molecule has 3 N–H and O–H groups in total. The summed E-state index contributed by atoms with van der Waals surface area (Å²) in [5.41, 5.74) is 6.88. The molecule has 0 spiro atoms. The van der Waals surface area contributed by atoms with E-state index < -0.39 is 0 Å². The molecule has 15 heavy (non-hydrogen) atoms. The van der Waals surface area contributed by atoms with Crippen LogP contribution < -0.4 is 5.73 Å². The van der Waals surface area contributed by atoms with Crippen molar-refractivity contribution < 1.29 is 5.11 Å². The van der Waals surface area contributed by atoms with Crippen LogP contribution in [0.4, 0.5) is 0 Å². The highest BCUT2D eigenvalue weighted by Gasteiger charge is 2.02. The van der Waals surface area contributed by atoms with Crippen LogP contribution in [-0.4, -0.2) is 17.8 Å². The minimum atomic E-state index is -0.161. The van der Waals surface area contributed by atoms with Gasteiger partial charge in [-0.25, -0.2) is 0 Å². The van der Waals surface area contributed by atoms with Crippen LogP contribution in [0.3, 0.4) is 0 Å². The van der Waals surface area contributed by atoms with Gasteiger partial charge in [0.05, 0.1) is 6.61 Å². The van der Waals surface area contributed by atoms with Gasteiger partial charge in [0, 0.05) is 6.04 Å². The third-order valence-electron chi connectivity index (χ3n) is 2.55. The van der Waals surface area contributed by atoms with Crippen LogP contribution in [0.25, 0.3) is 10.8 Å². The van der Waals surface area contributed by atoms with Crippen LogP contribution in [-0.2, 0) is 6.42 Å². The molecule has 2 aromatic carbocycles. The summed E-state index contributed by atoms with van der Waals surface area (Å²) >= 11 is 0. The summed E-state index contributed by atoms with van der Waals surface area (Å²) < 4.78 is 0. The van der Waals surface area contributed by atoms with Crippen molar-refractivity contribution in [3.63, 3.8) is 0 Å². The fraction of sp³-hybridized carbons (Fsp3) is 0.231. The van der Waals surface area contributed by atoms with Crippen LogP contribution in [0.1, 0.15) is 5.56 Å². The van der Waals surface area contributed by atoms with Crippen molar-refractivity contribution in [1.29, 1.82) is 0 Å². The standard InChI is InChI=1S/C13H15NO/c14-13(9-15)8-10-5-6-11-3-1-2-4-12(11)7-10/h1-7,13,15H,8-9,14H2. The van der Waals surface area contributed by atoms with Crippen LogP contribution >= 0.6 is 0 Å². The minimum Gasteiger partial charge on any atom is -0.395 e. The number of benzene rings is 2. The first-order valence-electron chi connectivity index (χ1n) is 5.13. The first-order valence-corrected chi connectivity index (χ1v) is 5.13. The molecule has 0 aromatic heterocycles. The van der Waals surface area contributed by atoms with Crippen molar-refractivity contribution in [2.45, 2.75) is 12.5 Å². The Morgan fingerprint density at radius 2 is 1.80 bits per heavy atom. The lowest BCUT2D eigenvalue weighted by molar-refractivity contribution is 0.265. The maximum atomic E-state index is 8.88. The normalized spacial score (nSPS) is 12.9. The number of hydrogen-bond donors (Lipinski definition) is 2. The van der Waals surface area contributed by atoms with Crippen molar-refractivity contribution >= 4 is 10.8 Å². The summed E-state index contributed by atoms with van der Waals surface area (Å²) in [5.74, 6) is 0. The minimum absolute atomic E-state index is 0.0346. The second-order valence-corrected chi connectivity index (χ2v) is 3.83. The van der Waals surface area contributed by atoms with Crippen LogP contribution in [0.5, 0.6) is 0 Å². The second-order valence-electron chi connectivity index (χ2n) is 3.83. The van der Waals surface area contributed by atoms with Crippen molar-refractivity contribution in [2.75, 3.05) is 6.61 Å². The highest BCUT2D eigenvalue weighted by molar-refractivity contribution is 5.82. The first kappa shape index (κ1) is 10.1. The SMILES string of the molecule is NC(CO)Cc1ccc2ccccc2c1. The Kier molecular flexibility index (Phi) is 2.99. The zero-order valence-electron chi connectivity index (χ0n) is 8.56. The number of rotatable bonds is 3. The molecule has 0 saturated heterocycles. The van der Waals surface area contributed by atoms with E-state index in [-0.39, 0.29) is 12.6 Å². The molecule has 2 heteroatoms. The maximum absolute atomic E-state index is 8.88. The summed E-state index contributed by atoms with van der Waals surface area (Å²) in [6.07, 6.45) is 0.724. The topological polar surface area (TPSA) is 46.2 Å². The van der Waals surface area contributed by atoms with Gasteiger partial charge in [0.2, 0.25) is 0 Å². The van der Waals surface area contributed by atoms with Gasteiger partial charge in [-0.15, -0.1) is 0 Å². The van der Waals surface area contributed by atoms with Gasteiger partial charge in [-0.3, -0.25) is 0 Å². The third kappa shape index (κ3) is 2.35. The molecule has 78 valence electrons. The fourth-order valence-corrected chi connectivity index (χ4v) is 1.73. The van der Waals surface area contributed by atoms with Crippen molar-refractivity contribution in [3.8, 4) is 0 Å². The lowest BCUT2D eigenvalue weighted by atomic mass is 10.0. The molecule has 0 aliphatic heterocycles. The van der Waals surface area contributed by atoms with Gasteiger partial charge in [-0.2, -0.15) is 0 Å². The molecule has 0 radical (unpaired) electrons. The first-order chi connectivity index (χ1) is 7.29. The molecule has 0 amide bonds. The van der Waals surface area contributed by atoms with Gasteiger partial charge >= 0.3 is 0 Å². The number of nitrogens with two attached hydrogens (primary N) is 1. The molecular weight excluding hydrogens is 186 g/mol. The predicted molar refractivity (Wildman–Crippen MR) is 62.7 cm³/mol. The van der Waals surface area contributed by atoms with Crippen LogP contribution in [0.15, 0.2) is 42.5 Å². The summed E-state index contributed by atoms with van der Waals surface area (Å²) in [6, 6.07) is 14.4. The summed E-state index contributed by atoms with van der Waals surface area (Å²) in [5, 5.41) is 11.3. The Morgan fingerprint density at radius 1 is 1.07 bits per heavy atom. The summed E-state index contributed by atoms with van der Waals surface area (Å²) in [6.45, 7) is 0.0346. The number of fused-ring (bicyclic) bond motifs is 1. The highest BCUT2D eigenvalue weighted by atomic mass is 16.3. The van der Waals surface area contributed by atoms with Gasteiger partial charge in [-0.05, 0) is 22.8 Å². The molecule has 2 aromatic rings.